The van der Waals surface area contributed by atoms with Crippen molar-refractivity contribution in [1.82, 2.24) is 0 Å². The van der Waals surface area contributed by atoms with Crippen molar-refractivity contribution in [3.05, 3.63) is 60.4 Å². The summed E-state index contributed by atoms with van der Waals surface area (Å²) in [6, 6.07) is 15.3. The van der Waals surface area contributed by atoms with E-state index < -0.39 is 0 Å². The molecule has 0 aliphatic carbocycles. The van der Waals surface area contributed by atoms with Crippen LogP contribution < -0.4 is 9.47 Å². The van der Waals surface area contributed by atoms with Crippen LogP contribution in [0.4, 0.5) is 5.69 Å². The quantitative estimate of drug-likeness (QED) is 0.796. The minimum atomic E-state index is 0.356. The molecule has 1 saturated heterocycles. The minimum Gasteiger partial charge on any atom is -0.378 e. The van der Waals surface area contributed by atoms with E-state index in [1.807, 2.05) is 0 Å². The van der Waals surface area contributed by atoms with Gasteiger partial charge >= 0.3 is 0 Å². The Balaban J connectivity index is 1.75. The zero-order valence-corrected chi connectivity index (χ0v) is 11.9. The molecule has 3 heteroatoms. The lowest BCUT2D eigenvalue weighted by Gasteiger charge is -2.28. The molecule has 2 aromatic rings. The van der Waals surface area contributed by atoms with E-state index in [9.17, 15) is 0 Å². The molecular formula is C17H21N2O+. The molecule has 1 aromatic carbocycles. The van der Waals surface area contributed by atoms with Gasteiger partial charge < -0.3 is 9.64 Å². The average molecular weight is 269 g/mol. The maximum absolute atomic E-state index is 5.39. The molecule has 0 saturated carbocycles. The second-order valence-electron chi connectivity index (χ2n) is 5.19. The predicted molar refractivity (Wildman–Crippen MR) is 79.9 cm³/mol. The zero-order valence-electron chi connectivity index (χ0n) is 11.9. The molecule has 0 radical (unpaired) electrons. The van der Waals surface area contributed by atoms with E-state index in [1.165, 1.54) is 11.3 Å². The second-order valence-corrected chi connectivity index (χ2v) is 5.19. The van der Waals surface area contributed by atoms with E-state index in [0.717, 1.165) is 26.3 Å². The van der Waals surface area contributed by atoms with Crippen LogP contribution >= 0.6 is 0 Å². The molecule has 0 amide bonds. The highest BCUT2D eigenvalue weighted by atomic mass is 16.5. The maximum atomic E-state index is 5.39. The van der Waals surface area contributed by atoms with Crippen LogP contribution in [0.25, 0.3) is 0 Å². The van der Waals surface area contributed by atoms with Gasteiger partial charge in [0.2, 0.25) is 0 Å². The third kappa shape index (κ3) is 2.83. The number of morpholine rings is 1. The van der Waals surface area contributed by atoms with Gasteiger partial charge in [-0.2, -0.15) is 4.57 Å². The van der Waals surface area contributed by atoms with Gasteiger partial charge in [0.1, 0.15) is 0 Å². The molecule has 0 spiro atoms. The smallest absolute Gasteiger partial charge is 0.180 e. The standard InChI is InChI=1S/C17H21N2O/c1-15(16-5-3-2-4-6-16)18-9-7-17(8-10-18)19-11-13-20-14-12-19/h2-10,15H,11-14H2,1H3/q+1. The summed E-state index contributed by atoms with van der Waals surface area (Å²) in [6.45, 7) is 5.85. The van der Waals surface area contributed by atoms with Crippen LogP contribution in [0.2, 0.25) is 0 Å². The van der Waals surface area contributed by atoms with Gasteiger partial charge in [-0.15, -0.1) is 0 Å². The Morgan fingerprint density at radius 1 is 1.00 bits per heavy atom. The van der Waals surface area contributed by atoms with Crippen LogP contribution in [-0.2, 0) is 4.74 Å². The SMILES string of the molecule is CC(c1ccccc1)[n+]1ccc(N2CCOCC2)cc1. The third-order valence-electron chi connectivity index (χ3n) is 3.94. The minimum absolute atomic E-state index is 0.356. The molecule has 1 atom stereocenters. The highest BCUT2D eigenvalue weighted by Crippen LogP contribution is 2.15. The fourth-order valence-electron chi connectivity index (χ4n) is 2.62. The fraction of sp³-hybridized carbons (Fsp3) is 0.353. The lowest BCUT2D eigenvalue weighted by molar-refractivity contribution is -0.710. The summed E-state index contributed by atoms with van der Waals surface area (Å²) < 4.78 is 7.64. The largest absolute Gasteiger partial charge is 0.378 e. The van der Waals surface area contributed by atoms with Crippen LogP contribution in [0, 0.1) is 0 Å². The van der Waals surface area contributed by atoms with Gasteiger partial charge in [-0.05, 0) is 0 Å². The van der Waals surface area contributed by atoms with Crippen molar-refractivity contribution in [2.24, 2.45) is 0 Å². The van der Waals surface area contributed by atoms with Crippen LogP contribution in [0.1, 0.15) is 18.5 Å². The van der Waals surface area contributed by atoms with Crippen molar-refractivity contribution in [3.63, 3.8) is 0 Å². The van der Waals surface area contributed by atoms with E-state index in [4.69, 9.17) is 4.74 Å². The highest BCUT2D eigenvalue weighted by Gasteiger charge is 2.16. The summed E-state index contributed by atoms with van der Waals surface area (Å²) in [5, 5.41) is 0. The van der Waals surface area contributed by atoms with Gasteiger partial charge in [0.05, 0.1) is 13.2 Å². The normalized spacial score (nSPS) is 16.9. The van der Waals surface area contributed by atoms with Gasteiger partial charge in [-0.3, -0.25) is 0 Å². The monoisotopic (exact) mass is 269 g/mol. The summed E-state index contributed by atoms with van der Waals surface area (Å²) in [6.07, 6.45) is 4.34. The van der Waals surface area contributed by atoms with Crippen LogP contribution in [-0.4, -0.2) is 26.3 Å². The van der Waals surface area contributed by atoms with Crippen molar-refractivity contribution >= 4 is 5.69 Å². The van der Waals surface area contributed by atoms with Gasteiger partial charge in [-0.25, -0.2) is 0 Å². The summed E-state index contributed by atoms with van der Waals surface area (Å²) in [4.78, 5) is 2.38. The molecule has 1 aliphatic rings. The van der Waals surface area contributed by atoms with E-state index in [0.29, 0.717) is 6.04 Å². The number of ether oxygens (including phenoxy) is 1. The van der Waals surface area contributed by atoms with Crippen LogP contribution in [0.3, 0.4) is 0 Å². The number of aromatic nitrogens is 1. The Bertz CT molecular complexity index is 533. The molecule has 1 aliphatic heterocycles. The van der Waals surface area contributed by atoms with Crippen molar-refractivity contribution in [2.45, 2.75) is 13.0 Å². The van der Waals surface area contributed by atoms with Gasteiger partial charge in [-0.1, -0.05) is 30.3 Å². The Kier molecular flexibility index (Phi) is 3.97. The first-order valence-electron chi connectivity index (χ1n) is 7.23. The maximum Gasteiger partial charge on any atom is 0.180 e. The summed E-state index contributed by atoms with van der Waals surface area (Å²) in [5.41, 5.74) is 2.61. The third-order valence-corrected chi connectivity index (χ3v) is 3.94. The van der Waals surface area contributed by atoms with Crippen molar-refractivity contribution in [1.29, 1.82) is 0 Å². The molecule has 1 unspecified atom stereocenters. The number of hydrogen-bond donors (Lipinski definition) is 0. The highest BCUT2D eigenvalue weighted by molar-refractivity contribution is 5.44. The molecule has 3 rings (SSSR count). The summed E-state index contributed by atoms with van der Waals surface area (Å²) in [5.74, 6) is 0. The first kappa shape index (κ1) is 13.1. The van der Waals surface area contributed by atoms with Gasteiger partial charge in [0, 0.05) is 43.4 Å². The van der Waals surface area contributed by atoms with Crippen LogP contribution in [0.5, 0.6) is 0 Å². The summed E-state index contributed by atoms with van der Waals surface area (Å²) >= 11 is 0. The van der Waals surface area contributed by atoms with E-state index in [2.05, 4.69) is 71.2 Å². The first-order valence-corrected chi connectivity index (χ1v) is 7.23. The zero-order chi connectivity index (χ0) is 13.8. The number of benzene rings is 1. The lowest BCUT2D eigenvalue weighted by Crippen LogP contribution is -2.39. The molecule has 104 valence electrons. The number of pyridine rings is 1. The average Bonchev–Trinajstić information content (AvgIpc) is 2.56. The molecule has 2 heterocycles. The Morgan fingerprint density at radius 2 is 1.65 bits per heavy atom. The molecule has 0 bridgehead atoms. The number of rotatable bonds is 3. The van der Waals surface area contributed by atoms with Crippen LogP contribution in [0.15, 0.2) is 54.9 Å². The van der Waals surface area contributed by atoms with Gasteiger partial charge in [0.25, 0.3) is 0 Å². The molecule has 1 aromatic heterocycles. The van der Waals surface area contributed by atoms with Crippen molar-refractivity contribution < 1.29 is 9.30 Å². The fourth-order valence-corrected chi connectivity index (χ4v) is 2.62. The second kappa shape index (κ2) is 6.06. The summed E-state index contributed by atoms with van der Waals surface area (Å²) in [7, 11) is 0. The van der Waals surface area contributed by atoms with Crippen molar-refractivity contribution in [2.75, 3.05) is 31.2 Å². The topological polar surface area (TPSA) is 16.4 Å². The predicted octanol–water partition coefficient (Wildman–Crippen LogP) is 2.42. The van der Waals surface area contributed by atoms with E-state index in [1.54, 1.807) is 0 Å². The Hall–Kier alpha value is -1.87. The van der Waals surface area contributed by atoms with E-state index in [-0.39, 0.29) is 0 Å². The van der Waals surface area contributed by atoms with Gasteiger partial charge in [0.15, 0.2) is 18.4 Å². The molecule has 3 nitrogen and oxygen atoms in total. The molecule has 0 N–H and O–H groups in total. The first-order chi connectivity index (χ1) is 9.84. The number of anilines is 1. The van der Waals surface area contributed by atoms with Crippen molar-refractivity contribution in [3.8, 4) is 0 Å². The number of hydrogen-bond acceptors (Lipinski definition) is 2. The Labute approximate surface area is 120 Å². The molecular weight excluding hydrogens is 248 g/mol. The van der Waals surface area contributed by atoms with E-state index >= 15 is 0 Å². The number of nitrogens with zero attached hydrogens (tertiary/aromatic N) is 2. The molecule has 20 heavy (non-hydrogen) atoms. The lowest BCUT2D eigenvalue weighted by atomic mass is 10.1. The Morgan fingerprint density at radius 3 is 2.30 bits per heavy atom. The molecule has 1 fully saturated rings.